The first kappa shape index (κ1) is 22.7. The lowest BCUT2D eigenvalue weighted by molar-refractivity contribution is -0.115. The zero-order chi connectivity index (χ0) is 23.6. The molecule has 168 valence electrons. The number of hydrazone groups is 1. The summed E-state index contributed by atoms with van der Waals surface area (Å²) in [6.45, 7) is 0. The number of nitrogens with two attached hydrogens (primary N) is 2. The van der Waals surface area contributed by atoms with Crippen LogP contribution in [0.25, 0.3) is 22.0 Å². The van der Waals surface area contributed by atoms with Crippen LogP contribution in [0, 0.1) is 0 Å². The van der Waals surface area contributed by atoms with Gasteiger partial charge in [-0.2, -0.15) is 5.10 Å². The van der Waals surface area contributed by atoms with Crippen LogP contribution in [0.3, 0.4) is 0 Å². The molecular weight excluding hydrogens is 506 g/mol. The Morgan fingerprint density at radius 1 is 1.12 bits per heavy atom. The van der Waals surface area contributed by atoms with Gasteiger partial charge in [0.15, 0.2) is 0 Å². The smallest absolute Gasteiger partial charge is 0.238 e. The fourth-order valence-corrected chi connectivity index (χ4v) is 4.85. The number of primary sulfonamides is 1. The van der Waals surface area contributed by atoms with Crippen molar-refractivity contribution in [2.24, 2.45) is 16.1 Å². The van der Waals surface area contributed by atoms with Gasteiger partial charge >= 0.3 is 0 Å². The molecule has 10 heteroatoms. The summed E-state index contributed by atoms with van der Waals surface area (Å²) < 4.78 is 24.4. The maximum Gasteiger partial charge on any atom is 0.238 e. The zero-order valence-corrected chi connectivity index (χ0v) is 19.7. The van der Waals surface area contributed by atoms with Crippen LogP contribution in [0.1, 0.15) is 11.1 Å². The van der Waals surface area contributed by atoms with Gasteiger partial charge in [0.25, 0.3) is 0 Å². The number of hydrogen-bond acceptors (Lipinski definition) is 5. The molecule has 0 aliphatic heterocycles. The number of nitrogens with one attached hydrogen (secondary N) is 2. The van der Waals surface area contributed by atoms with Crippen LogP contribution in [0.4, 0.5) is 5.69 Å². The molecule has 1 heterocycles. The number of aromatic amines is 1. The number of aromatic nitrogens is 1. The Hall–Kier alpha value is -3.47. The molecule has 3 aromatic carbocycles. The fraction of sp³-hybridized carbons (Fsp3) is 0.0435. The van der Waals surface area contributed by atoms with Crippen molar-refractivity contribution in [3.8, 4) is 11.1 Å². The van der Waals surface area contributed by atoms with Crippen LogP contribution in [0.15, 0.2) is 81.3 Å². The summed E-state index contributed by atoms with van der Waals surface area (Å²) in [4.78, 5) is 15.9. The van der Waals surface area contributed by atoms with Crippen molar-refractivity contribution >= 4 is 54.7 Å². The van der Waals surface area contributed by atoms with Gasteiger partial charge in [0, 0.05) is 27.1 Å². The monoisotopic (exact) mass is 525 g/mol. The quantitative estimate of drug-likeness (QED) is 0.173. The summed E-state index contributed by atoms with van der Waals surface area (Å²) in [5.41, 5.74) is 4.28. The highest BCUT2D eigenvalue weighted by Crippen LogP contribution is 2.32. The van der Waals surface area contributed by atoms with Gasteiger partial charge in [0.1, 0.15) is 0 Å². The van der Waals surface area contributed by atoms with Crippen molar-refractivity contribution in [2.45, 2.75) is 11.3 Å². The molecule has 0 aliphatic carbocycles. The third-order valence-electron chi connectivity index (χ3n) is 5.11. The molecular formula is C23H20BrN5O3S. The molecule has 0 spiro atoms. The molecule has 33 heavy (non-hydrogen) atoms. The maximum atomic E-state index is 12.7. The third kappa shape index (κ3) is 4.98. The first-order valence-corrected chi connectivity index (χ1v) is 12.1. The van der Waals surface area contributed by atoms with E-state index < -0.39 is 10.0 Å². The Morgan fingerprint density at radius 2 is 1.91 bits per heavy atom. The van der Waals surface area contributed by atoms with E-state index in [1.54, 1.807) is 48.8 Å². The van der Waals surface area contributed by atoms with Gasteiger partial charge in [-0.05, 0) is 63.0 Å². The van der Waals surface area contributed by atoms with Crippen LogP contribution < -0.4 is 16.3 Å². The van der Waals surface area contributed by atoms with Gasteiger partial charge in [-0.1, -0.05) is 30.3 Å². The lowest BCUT2D eigenvalue weighted by Crippen LogP contribution is -2.15. The average Bonchev–Trinajstić information content (AvgIpc) is 3.17. The van der Waals surface area contributed by atoms with E-state index in [1.807, 2.05) is 18.2 Å². The first-order chi connectivity index (χ1) is 15.8. The standard InChI is InChI=1S/C23H20BrN5O3S/c24-19-10-15(17-3-1-2-4-22(17)33(26,31)32)6-8-21(19)29-23(30)11-16-13-27-20-7-5-14(12-28-25)9-18(16)20/h1-10,12-13,27H,11,25H2,(H,29,30)(H2,26,31,32)/b28-12+. The number of hydrogen-bond donors (Lipinski definition) is 4. The highest BCUT2D eigenvalue weighted by atomic mass is 79.9. The molecule has 0 atom stereocenters. The van der Waals surface area contributed by atoms with E-state index in [0.717, 1.165) is 22.0 Å². The second-order valence-electron chi connectivity index (χ2n) is 7.36. The molecule has 0 aliphatic rings. The van der Waals surface area contributed by atoms with E-state index >= 15 is 0 Å². The summed E-state index contributed by atoms with van der Waals surface area (Å²) in [5.74, 6) is 5.03. The molecule has 4 aromatic rings. The Balaban J connectivity index is 1.56. The lowest BCUT2D eigenvalue weighted by Gasteiger charge is -2.12. The number of halogens is 1. The zero-order valence-electron chi connectivity index (χ0n) is 17.2. The van der Waals surface area contributed by atoms with Gasteiger partial charge in [-0.3, -0.25) is 4.79 Å². The Bertz CT molecular complexity index is 1500. The van der Waals surface area contributed by atoms with Crippen LogP contribution in [-0.2, 0) is 21.2 Å². The van der Waals surface area contributed by atoms with Crippen LogP contribution >= 0.6 is 15.9 Å². The first-order valence-electron chi connectivity index (χ1n) is 9.81. The van der Waals surface area contributed by atoms with Gasteiger partial charge < -0.3 is 16.1 Å². The molecule has 0 radical (unpaired) electrons. The molecule has 0 bridgehead atoms. The van der Waals surface area contributed by atoms with E-state index in [4.69, 9.17) is 11.0 Å². The minimum absolute atomic E-state index is 0.0343. The number of carbonyl (C=O) groups is 1. The molecule has 4 rings (SSSR count). The molecule has 0 fully saturated rings. The van der Waals surface area contributed by atoms with Crippen molar-refractivity contribution in [1.29, 1.82) is 0 Å². The largest absolute Gasteiger partial charge is 0.361 e. The van der Waals surface area contributed by atoms with E-state index in [1.165, 1.54) is 6.07 Å². The Kier molecular flexibility index (Phi) is 6.32. The van der Waals surface area contributed by atoms with Crippen molar-refractivity contribution < 1.29 is 13.2 Å². The second-order valence-corrected chi connectivity index (χ2v) is 9.74. The van der Waals surface area contributed by atoms with Crippen molar-refractivity contribution in [3.05, 3.63) is 82.5 Å². The highest BCUT2D eigenvalue weighted by Gasteiger charge is 2.16. The number of sulfonamides is 1. The summed E-state index contributed by atoms with van der Waals surface area (Å²) in [6.07, 6.45) is 3.50. The number of benzene rings is 3. The van der Waals surface area contributed by atoms with Crippen LogP contribution in [0.2, 0.25) is 0 Å². The SMILES string of the molecule is N/N=C/c1ccc2[nH]cc(CC(=O)Nc3ccc(-c4ccccc4S(N)(=O)=O)cc3Br)c2c1. The number of rotatable bonds is 6. The van der Waals surface area contributed by atoms with E-state index in [-0.39, 0.29) is 17.2 Å². The average molecular weight is 526 g/mol. The molecule has 6 N–H and O–H groups in total. The van der Waals surface area contributed by atoms with E-state index in [0.29, 0.717) is 21.3 Å². The normalized spacial score (nSPS) is 11.8. The molecule has 1 aromatic heterocycles. The van der Waals surface area contributed by atoms with Crippen molar-refractivity contribution in [2.75, 3.05) is 5.32 Å². The topological polar surface area (TPSA) is 143 Å². The minimum atomic E-state index is -3.88. The molecule has 0 saturated heterocycles. The summed E-state index contributed by atoms with van der Waals surface area (Å²) in [6, 6.07) is 17.4. The number of H-pyrrole nitrogens is 1. The number of nitrogens with zero attached hydrogens (tertiary/aromatic N) is 1. The molecule has 0 unspecified atom stereocenters. The molecule has 8 nitrogen and oxygen atoms in total. The van der Waals surface area contributed by atoms with Crippen LogP contribution in [0.5, 0.6) is 0 Å². The predicted octanol–water partition coefficient (Wildman–Crippen LogP) is 3.72. The lowest BCUT2D eigenvalue weighted by atomic mass is 10.1. The third-order valence-corrected chi connectivity index (χ3v) is 6.74. The Morgan fingerprint density at radius 3 is 2.64 bits per heavy atom. The van der Waals surface area contributed by atoms with E-state index in [2.05, 4.69) is 31.3 Å². The minimum Gasteiger partial charge on any atom is -0.361 e. The van der Waals surface area contributed by atoms with Gasteiger partial charge in [0.05, 0.1) is 23.2 Å². The highest BCUT2D eigenvalue weighted by molar-refractivity contribution is 9.10. The Labute approximate surface area is 198 Å². The number of carbonyl (C=O) groups excluding carboxylic acids is 1. The number of fused-ring (bicyclic) bond motifs is 1. The van der Waals surface area contributed by atoms with Gasteiger partial charge in [0.2, 0.25) is 15.9 Å². The van der Waals surface area contributed by atoms with E-state index in [9.17, 15) is 13.2 Å². The molecule has 1 amide bonds. The van der Waals surface area contributed by atoms with Crippen molar-refractivity contribution in [1.82, 2.24) is 4.98 Å². The molecule has 0 saturated carbocycles. The van der Waals surface area contributed by atoms with Gasteiger partial charge in [-0.15, -0.1) is 0 Å². The van der Waals surface area contributed by atoms with Crippen molar-refractivity contribution in [3.63, 3.8) is 0 Å². The van der Waals surface area contributed by atoms with Gasteiger partial charge in [-0.25, -0.2) is 13.6 Å². The second kappa shape index (κ2) is 9.18. The summed E-state index contributed by atoms with van der Waals surface area (Å²) in [5, 5.41) is 12.7. The summed E-state index contributed by atoms with van der Waals surface area (Å²) >= 11 is 3.46. The summed E-state index contributed by atoms with van der Waals surface area (Å²) in [7, 11) is -3.88. The number of anilines is 1. The number of amides is 1. The maximum absolute atomic E-state index is 12.7. The fourth-order valence-electron chi connectivity index (χ4n) is 3.61. The predicted molar refractivity (Wildman–Crippen MR) is 133 cm³/mol. The van der Waals surface area contributed by atoms with Crippen LogP contribution in [-0.4, -0.2) is 25.5 Å².